The van der Waals surface area contributed by atoms with Gasteiger partial charge >= 0.3 is 11.9 Å². The van der Waals surface area contributed by atoms with E-state index in [2.05, 4.69) is 31.9 Å². The number of cyclic esters (lactones) is 1. The number of aliphatic hydroxyl groups is 1. The Labute approximate surface area is 456 Å². The maximum atomic E-state index is 15.5. The molecule has 4 aliphatic rings. The van der Waals surface area contributed by atoms with Crippen molar-refractivity contribution in [3.63, 3.8) is 0 Å². The van der Waals surface area contributed by atoms with Crippen molar-refractivity contribution in [2.75, 3.05) is 46.5 Å². The Kier molecular flexibility index (Phi) is 17.2. The van der Waals surface area contributed by atoms with Crippen molar-refractivity contribution in [1.82, 2.24) is 51.3 Å². The smallest absolute Gasteiger partial charge is 0.343 e. The molecule has 26 heteroatoms. The molecule has 1 aliphatic carbocycles. The number of fused-ring (bicyclic) bond motifs is 5. The lowest BCUT2D eigenvalue weighted by Gasteiger charge is -2.36. The van der Waals surface area contributed by atoms with E-state index >= 15 is 4.39 Å². The summed E-state index contributed by atoms with van der Waals surface area (Å²) in [4.78, 5) is 150. The summed E-state index contributed by atoms with van der Waals surface area (Å²) in [5.41, 5.74) is 1.71. The number of carbonyl (C=O) groups is 10. The number of halogens is 1. The fraction of sp³-hybridized carbons (Fsp3) is 0.444. The summed E-state index contributed by atoms with van der Waals surface area (Å²) in [5, 5.41) is 35.6. The topological polar surface area (TPSA) is 343 Å². The van der Waals surface area contributed by atoms with Crippen molar-refractivity contribution in [2.24, 2.45) is 5.92 Å². The second-order valence-electron chi connectivity index (χ2n) is 20.1. The van der Waals surface area contributed by atoms with Crippen LogP contribution in [0.3, 0.4) is 0 Å². The van der Waals surface area contributed by atoms with Crippen molar-refractivity contribution >= 4 is 70.1 Å². The third-order valence-corrected chi connectivity index (χ3v) is 15.0. The van der Waals surface area contributed by atoms with Crippen LogP contribution in [0.2, 0.25) is 0 Å². The number of benzene rings is 2. The average Bonchev–Trinajstić information content (AvgIpc) is 4.14. The van der Waals surface area contributed by atoms with Crippen LogP contribution in [-0.2, 0) is 89.0 Å². The number of carboxylic acid groups (broad SMARTS) is 1. The standard InChI is InChI=1S/C54H61FN10O15/c1-6-54(78)33-16-38-47-31(23-64(38)52(76)32(33)24-79-53(54)77)46-37(13-12-30-27(3)34(55)17-35(62-47)45(30)46)63(5)51(75)28(4)80-25-60-41(67)20-58-48(72)36(15-29-10-8-7-9-11-29)61-42(68)21-57-40(66)19-59-49(73)39(18-56-22-44(70)71)65-43(69)14-26(2)50(65)74/h7-11,16-17,26,28,36-37,39,56,78H,6,12-15,18-25H2,1-5H3,(H,57,66)(H,58,72)(H,59,73)(H,60,67)(H,61,68)(H,70,71)/t26?,28-,36-,37-,39?,54-/m0/s1. The van der Waals surface area contributed by atoms with E-state index in [0.717, 1.165) is 4.90 Å². The zero-order valence-electron chi connectivity index (χ0n) is 44.5. The maximum absolute atomic E-state index is 15.5. The molecule has 1 saturated heterocycles. The number of aromatic nitrogens is 2. The fourth-order valence-electron chi connectivity index (χ4n) is 10.6. The van der Waals surface area contributed by atoms with E-state index in [1.807, 2.05) is 0 Å². The Morgan fingerprint density at radius 3 is 2.29 bits per heavy atom. The first-order valence-electron chi connectivity index (χ1n) is 25.9. The summed E-state index contributed by atoms with van der Waals surface area (Å²) in [6.45, 7) is 2.58. The number of ether oxygens (including phenoxy) is 2. The van der Waals surface area contributed by atoms with Crippen molar-refractivity contribution in [1.29, 1.82) is 0 Å². The normalized spacial score (nSPS) is 18.9. The molecule has 0 spiro atoms. The molecule has 0 saturated carbocycles. The molecule has 80 heavy (non-hydrogen) atoms. The van der Waals surface area contributed by atoms with Gasteiger partial charge in [0.25, 0.3) is 11.5 Å². The predicted molar refractivity (Wildman–Crippen MR) is 278 cm³/mol. The lowest BCUT2D eigenvalue weighted by molar-refractivity contribution is -0.172. The van der Waals surface area contributed by atoms with Crippen LogP contribution in [0, 0.1) is 18.7 Å². The highest BCUT2D eigenvalue weighted by molar-refractivity contribution is 6.07. The fourth-order valence-corrected chi connectivity index (χ4v) is 10.6. The molecule has 0 bridgehead atoms. The number of nitrogens with zero attached hydrogens (tertiary/aromatic N) is 4. The molecule has 25 nitrogen and oxygen atoms in total. The molecule has 8 rings (SSSR count). The van der Waals surface area contributed by atoms with Gasteiger partial charge in [0.1, 0.15) is 37.3 Å². The van der Waals surface area contributed by atoms with Crippen molar-refractivity contribution < 1.29 is 72.0 Å². The number of aryl methyl sites for hydroxylation is 1. The van der Waals surface area contributed by atoms with Gasteiger partial charge in [-0.15, -0.1) is 0 Å². The Morgan fingerprint density at radius 1 is 0.925 bits per heavy atom. The molecule has 2 aromatic heterocycles. The number of carbonyl (C=O) groups excluding carboxylic acids is 9. The Morgan fingerprint density at radius 2 is 1.61 bits per heavy atom. The molecule has 1 fully saturated rings. The molecule has 0 radical (unpaired) electrons. The first kappa shape index (κ1) is 57.7. The van der Waals surface area contributed by atoms with Gasteiger partial charge in [0.15, 0.2) is 5.60 Å². The monoisotopic (exact) mass is 1110 g/mol. The minimum Gasteiger partial charge on any atom is -0.480 e. The summed E-state index contributed by atoms with van der Waals surface area (Å²) < 4.78 is 28.0. The summed E-state index contributed by atoms with van der Waals surface area (Å²) in [5.74, 6) is -9.17. The van der Waals surface area contributed by atoms with Crippen LogP contribution in [0.5, 0.6) is 0 Å². The largest absolute Gasteiger partial charge is 0.480 e. The summed E-state index contributed by atoms with van der Waals surface area (Å²) in [6, 6.07) is 8.12. The van der Waals surface area contributed by atoms with E-state index in [1.54, 1.807) is 57.3 Å². The number of nitrogens with one attached hydrogen (secondary N) is 6. The van der Waals surface area contributed by atoms with Crippen LogP contribution in [0.4, 0.5) is 4.39 Å². The minimum atomic E-state index is -2.07. The number of hydrogen-bond donors (Lipinski definition) is 8. The summed E-state index contributed by atoms with van der Waals surface area (Å²) >= 11 is 0. The molecular formula is C54H61FN10O15. The van der Waals surface area contributed by atoms with Crippen molar-refractivity contribution in [3.8, 4) is 11.4 Å². The van der Waals surface area contributed by atoms with Crippen molar-refractivity contribution in [2.45, 2.75) is 103 Å². The number of aliphatic carboxylic acids is 1. The van der Waals surface area contributed by atoms with Crippen molar-refractivity contribution in [3.05, 3.63) is 97.6 Å². The first-order valence-corrected chi connectivity index (χ1v) is 25.9. The van der Waals surface area contributed by atoms with Gasteiger partial charge in [0.2, 0.25) is 41.4 Å². The van der Waals surface area contributed by atoms with Gasteiger partial charge < -0.3 is 61.1 Å². The first-order chi connectivity index (χ1) is 38.0. The van der Waals surface area contributed by atoms with Gasteiger partial charge in [-0.2, -0.15) is 0 Å². The second-order valence-corrected chi connectivity index (χ2v) is 20.1. The van der Waals surface area contributed by atoms with Crippen LogP contribution in [0.15, 0.2) is 47.3 Å². The van der Waals surface area contributed by atoms with E-state index in [-0.39, 0.29) is 43.5 Å². The van der Waals surface area contributed by atoms with E-state index in [1.165, 1.54) is 29.4 Å². The van der Waals surface area contributed by atoms with E-state index in [9.17, 15) is 57.8 Å². The van der Waals surface area contributed by atoms with Crippen LogP contribution in [-0.4, -0.2) is 153 Å². The molecular weight excluding hydrogens is 1050 g/mol. The maximum Gasteiger partial charge on any atom is 0.343 e. The number of imide groups is 1. The highest BCUT2D eigenvalue weighted by Gasteiger charge is 2.47. The Bertz CT molecular complexity index is 3300. The molecule has 2 aromatic carbocycles. The number of rotatable bonds is 22. The molecule has 2 unspecified atom stereocenters. The lowest BCUT2D eigenvalue weighted by Crippen LogP contribution is -2.56. The SMILES string of the molecule is CC[C@@]1(O)C(=O)OCc2c1cc1n(c2=O)Cc2c-1nc1cc(F)c(C)c3c1c2[C@@H](N(C)C(=O)[C@H](C)OCNC(=O)CNC(=O)[C@H](Cc1ccccc1)NC(=O)CNC(=O)CNC(=O)C(CNCC(=O)O)N1C(=O)CC(C)C1=O)CC3. The number of esters is 1. The van der Waals surface area contributed by atoms with Gasteiger partial charge in [0.05, 0.1) is 61.2 Å². The van der Waals surface area contributed by atoms with Gasteiger partial charge in [-0.3, -0.25) is 52.8 Å². The minimum absolute atomic E-state index is 0.0325. The third-order valence-electron chi connectivity index (χ3n) is 15.0. The highest BCUT2D eigenvalue weighted by atomic mass is 19.1. The van der Waals surface area contributed by atoms with Gasteiger partial charge in [-0.1, -0.05) is 44.2 Å². The molecule has 4 aromatic rings. The Balaban J connectivity index is 0.861. The number of carboxylic acids is 1. The lowest BCUT2D eigenvalue weighted by atomic mass is 9.81. The number of likely N-dealkylation sites (tertiary alicyclic amines) is 1. The highest BCUT2D eigenvalue weighted by Crippen LogP contribution is 2.47. The quantitative estimate of drug-likeness (QED) is 0.0233. The zero-order valence-corrected chi connectivity index (χ0v) is 44.5. The van der Waals surface area contributed by atoms with E-state index < -0.39 is 146 Å². The number of likely N-dealkylation sites (N-methyl/N-ethyl adjacent to an activating group) is 1. The molecule has 8 amide bonds. The number of pyridine rings is 2. The molecule has 424 valence electrons. The summed E-state index contributed by atoms with van der Waals surface area (Å²) in [7, 11) is 1.59. The average molecular weight is 1110 g/mol. The third kappa shape index (κ3) is 11.6. The predicted octanol–water partition coefficient (Wildman–Crippen LogP) is -1.03. The molecule has 6 atom stereocenters. The van der Waals surface area contributed by atoms with Crippen LogP contribution < -0.4 is 37.5 Å². The Hall–Kier alpha value is -8.49. The van der Waals surface area contributed by atoms with Crippen LogP contribution in [0.25, 0.3) is 22.3 Å². The molecule has 3 aliphatic heterocycles. The van der Waals surface area contributed by atoms with E-state index in [4.69, 9.17) is 19.6 Å². The number of amides is 8. The molecule has 8 N–H and O–H groups in total. The molecule has 5 heterocycles. The van der Waals surface area contributed by atoms with E-state index in [0.29, 0.717) is 62.9 Å². The van der Waals surface area contributed by atoms with Gasteiger partial charge in [0, 0.05) is 54.9 Å². The van der Waals surface area contributed by atoms with Crippen LogP contribution in [0.1, 0.15) is 85.0 Å². The van der Waals surface area contributed by atoms with Gasteiger partial charge in [-0.25, -0.2) is 14.2 Å². The zero-order chi connectivity index (χ0) is 57.9. The van der Waals surface area contributed by atoms with Crippen LogP contribution >= 0.6 is 0 Å². The summed E-state index contributed by atoms with van der Waals surface area (Å²) in [6.07, 6.45) is -0.629. The van der Waals surface area contributed by atoms with Gasteiger partial charge in [-0.05, 0) is 61.4 Å². The second kappa shape index (κ2) is 23.9. The number of hydrogen-bond acceptors (Lipinski definition) is 16.